The minimum Gasteiger partial charge on any atom is -0.463 e. The third-order valence-electron chi connectivity index (χ3n) is 4.51. The van der Waals surface area contributed by atoms with Crippen LogP contribution in [0.5, 0.6) is 0 Å². The van der Waals surface area contributed by atoms with Crippen LogP contribution in [0, 0.1) is 0 Å². The molecule has 0 atom stereocenters. The number of nitrogens with zero attached hydrogens (tertiary/aromatic N) is 1. The van der Waals surface area contributed by atoms with E-state index in [1.165, 1.54) is 18.0 Å². The Bertz CT molecular complexity index is 893. The third kappa shape index (κ3) is 2.50. The molecule has 0 amide bonds. The van der Waals surface area contributed by atoms with Crippen LogP contribution in [-0.2, 0) is 28.7 Å². The molecule has 3 rings (SSSR count). The molecule has 1 aromatic carbocycles. The van der Waals surface area contributed by atoms with E-state index < -0.39 is 29.0 Å². The van der Waals surface area contributed by atoms with E-state index in [0.29, 0.717) is 5.56 Å². The molecule has 0 aromatic heterocycles. The van der Waals surface area contributed by atoms with Crippen molar-refractivity contribution in [2.75, 3.05) is 13.2 Å². The molecule has 0 saturated heterocycles. The van der Waals surface area contributed by atoms with E-state index in [9.17, 15) is 19.2 Å². The Balaban J connectivity index is 2.31. The van der Waals surface area contributed by atoms with E-state index in [1.807, 2.05) is 12.1 Å². The van der Waals surface area contributed by atoms with Crippen molar-refractivity contribution in [2.24, 2.45) is 0 Å². The van der Waals surface area contributed by atoms with Gasteiger partial charge in [0.1, 0.15) is 0 Å². The fraction of sp³-hybridized carbons (Fsp3) is 0.300. The Labute approximate surface area is 156 Å². The Hall–Kier alpha value is -3.22. The molecule has 2 heterocycles. The molecule has 0 bridgehead atoms. The van der Waals surface area contributed by atoms with E-state index in [0.717, 1.165) is 5.56 Å². The van der Waals surface area contributed by atoms with Crippen LogP contribution in [0.1, 0.15) is 31.9 Å². The summed E-state index contributed by atoms with van der Waals surface area (Å²) in [6.45, 7) is 4.29. The highest BCUT2D eigenvalue weighted by molar-refractivity contribution is 6.42. The first kappa shape index (κ1) is 18.6. The second-order valence-electron chi connectivity index (χ2n) is 6.03. The van der Waals surface area contributed by atoms with Crippen LogP contribution in [0.15, 0.2) is 36.0 Å². The van der Waals surface area contributed by atoms with Crippen LogP contribution in [0.2, 0.25) is 0 Å². The second-order valence-corrected chi connectivity index (χ2v) is 6.03. The van der Waals surface area contributed by atoms with Gasteiger partial charge in [-0.05, 0) is 32.4 Å². The lowest BCUT2D eigenvalue weighted by Gasteiger charge is -2.35. The van der Waals surface area contributed by atoms with Gasteiger partial charge in [0, 0.05) is 11.8 Å². The zero-order valence-corrected chi connectivity index (χ0v) is 15.3. The van der Waals surface area contributed by atoms with Crippen molar-refractivity contribution in [1.82, 2.24) is 4.90 Å². The summed E-state index contributed by atoms with van der Waals surface area (Å²) in [5, 5.41) is 0. The Kier molecular flexibility index (Phi) is 4.70. The lowest BCUT2D eigenvalue weighted by molar-refractivity contribution is -0.171. The maximum atomic E-state index is 13.3. The van der Waals surface area contributed by atoms with Gasteiger partial charge in [-0.15, -0.1) is 0 Å². The first-order valence-corrected chi connectivity index (χ1v) is 8.62. The third-order valence-corrected chi connectivity index (χ3v) is 4.51. The number of benzene rings is 1. The first-order chi connectivity index (χ1) is 12.9. The minimum absolute atomic E-state index is 0.0356. The highest BCUT2D eigenvalue weighted by Crippen LogP contribution is 2.45. The van der Waals surface area contributed by atoms with Crippen molar-refractivity contribution >= 4 is 35.3 Å². The second kappa shape index (κ2) is 6.83. The number of ketones is 2. The zero-order chi connectivity index (χ0) is 19.8. The normalized spacial score (nSPS) is 16.7. The van der Waals surface area contributed by atoms with Crippen molar-refractivity contribution in [1.29, 1.82) is 0 Å². The van der Waals surface area contributed by atoms with Gasteiger partial charge in [-0.3, -0.25) is 9.59 Å². The molecule has 0 unspecified atom stereocenters. The van der Waals surface area contributed by atoms with Crippen molar-refractivity contribution in [3.63, 3.8) is 0 Å². The van der Waals surface area contributed by atoms with E-state index in [2.05, 4.69) is 0 Å². The fourth-order valence-electron chi connectivity index (χ4n) is 3.41. The summed E-state index contributed by atoms with van der Waals surface area (Å²) in [6.07, 6.45) is 3.11. The smallest absolute Gasteiger partial charge is 0.352 e. The highest BCUT2D eigenvalue weighted by atomic mass is 16.6. The van der Waals surface area contributed by atoms with Gasteiger partial charge in [-0.25, -0.2) is 9.59 Å². The summed E-state index contributed by atoms with van der Waals surface area (Å²) < 4.78 is 10.1. The molecule has 7 heteroatoms. The minimum atomic E-state index is -2.40. The SMILES string of the molecule is CCOC(=O)C1(C(=O)OCC)C(=O)C(C(C)=O)=C2c3ccccc3C=CN21. The number of hydrogen-bond acceptors (Lipinski definition) is 7. The molecule has 27 heavy (non-hydrogen) atoms. The summed E-state index contributed by atoms with van der Waals surface area (Å²) >= 11 is 0. The highest BCUT2D eigenvalue weighted by Gasteiger charge is 2.66. The number of carbonyl (C=O) groups excluding carboxylic acids is 4. The van der Waals surface area contributed by atoms with Crippen LogP contribution >= 0.6 is 0 Å². The average molecular weight is 369 g/mol. The molecule has 0 aliphatic carbocycles. The van der Waals surface area contributed by atoms with Gasteiger partial charge in [0.05, 0.1) is 24.5 Å². The Morgan fingerprint density at radius 3 is 2.19 bits per heavy atom. The quantitative estimate of drug-likeness (QED) is 0.443. The molecule has 2 aliphatic rings. The number of carbonyl (C=O) groups is 4. The van der Waals surface area contributed by atoms with Crippen molar-refractivity contribution in [3.8, 4) is 0 Å². The van der Waals surface area contributed by atoms with Gasteiger partial charge >= 0.3 is 17.5 Å². The predicted molar refractivity (Wildman–Crippen MR) is 95.9 cm³/mol. The van der Waals surface area contributed by atoms with Crippen molar-refractivity contribution < 1.29 is 28.7 Å². The van der Waals surface area contributed by atoms with E-state index in [1.54, 1.807) is 32.1 Å². The summed E-state index contributed by atoms with van der Waals surface area (Å²) in [5.41, 5.74) is -1.06. The van der Waals surface area contributed by atoms with Crippen LogP contribution < -0.4 is 0 Å². The van der Waals surface area contributed by atoms with Gasteiger partial charge in [0.25, 0.3) is 0 Å². The maximum Gasteiger partial charge on any atom is 0.352 e. The Morgan fingerprint density at radius 2 is 1.63 bits per heavy atom. The molecule has 1 aromatic rings. The lowest BCUT2D eigenvalue weighted by atomic mass is 9.90. The van der Waals surface area contributed by atoms with E-state index in [4.69, 9.17) is 9.47 Å². The number of Topliss-reactive ketones (excluding diaryl/α,β-unsaturated/α-hetero) is 2. The number of esters is 2. The van der Waals surface area contributed by atoms with Gasteiger partial charge < -0.3 is 14.4 Å². The summed E-state index contributed by atoms with van der Waals surface area (Å²) in [5.74, 6) is -3.60. The lowest BCUT2D eigenvalue weighted by Crippen LogP contribution is -2.61. The molecule has 0 fully saturated rings. The molecule has 0 saturated carbocycles. The molecular weight excluding hydrogens is 350 g/mol. The molecule has 2 aliphatic heterocycles. The van der Waals surface area contributed by atoms with E-state index in [-0.39, 0.29) is 24.5 Å². The average Bonchev–Trinajstić information content (AvgIpc) is 2.91. The molecule has 140 valence electrons. The monoisotopic (exact) mass is 369 g/mol. The van der Waals surface area contributed by atoms with Gasteiger partial charge in [-0.1, -0.05) is 24.3 Å². The van der Waals surface area contributed by atoms with Gasteiger partial charge in [-0.2, -0.15) is 0 Å². The molecule has 0 N–H and O–H groups in total. The molecular formula is C20H19NO6. The van der Waals surface area contributed by atoms with Crippen LogP contribution in [0.25, 0.3) is 11.8 Å². The van der Waals surface area contributed by atoms with Crippen LogP contribution in [-0.4, -0.2) is 47.2 Å². The summed E-state index contributed by atoms with van der Waals surface area (Å²) in [4.78, 5) is 52.6. The largest absolute Gasteiger partial charge is 0.463 e. The number of rotatable bonds is 5. The van der Waals surface area contributed by atoms with Crippen molar-refractivity contribution in [3.05, 3.63) is 47.2 Å². The first-order valence-electron chi connectivity index (χ1n) is 8.62. The fourth-order valence-corrected chi connectivity index (χ4v) is 3.41. The standard InChI is InChI=1S/C20H19NO6/c1-4-26-18(24)20(19(25)27-5-2)17(23)15(12(3)22)16-14-9-7-6-8-13(14)10-11-21(16)20/h6-11H,4-5H2,1-3H3. The molecule has 7 nitrogen and oxygen atoms in total. The van der Waals surface area contributed by atoms with Crippen LogP contribution in [0.3, 0.4) is 0 Å². The molecule has 0 radical (unpaired) electrons. The van der Waals surface area contributed by atoms with Gasteiger partial charge in [0.2, 0.25) is 5.78 Å². The molecule has 0 spiro atoms. The van der Waals surface area contributed by atoms with Crippen LogP contribution in [0.4, 0.5) is 0 Å². The maximum absolute atomic E-state index is 13.3. The summed E-state index contributed by atoms with van der Waals surface area (Å²) in [7, 11) is 0. The number of fused-ring (bicyclic) bond motifs is 3. The Morgan fingerprint density at radius 1 is 1.04 bits per heavy atom. The number of hydrogen-bond donors (Lipinski definition) is 0. The van der Waals surface area contributed by atoms with Crippen molar-refractivity contribution in [2.45, 2.75) is 26.3 Å². The summed E-state index contributed by atoms with van der Waals surface area (Å²) in [6, 6.07) is 7.10. The zero-order valence-electron chi connectivity index (χ0n) is 15.3. The van der Waals surface area contributed by atoms with E-state index >= 15 is 0 Å². The number of ether oxygens (including phenoxy) is 2. The van der Waals surface area contributed by atoms with Gasteiger partial charge in [0.15, 0.2) is 5.78 Å². The predicted octanol–water partition coefficient (Wildman–Crippen LogP) is 1.72. The topological polar surface area (TPSA) is 90.0 Å².